The molecule has 1 unspecified atom stereocenters. The van der Waals surface area contributed by atoms with Crippen LogP contribution in [-0.4, -0.2) is 23.6 Å². The van der Waals surface area contributed by atoms with Gasteiger partial charge >= 0.3 is 6.09 Å². The van der Waals surface area contributed by atoms with Crippen LogP contribution in [0.4, 0.5) is 19.3 Å². The highest BCUT2D eigenvalue weighted by atomic mass is 19.1. The molecule has 0 radical (unpaired) electrons. The van der Waals surface area contributed by atoms with Crippen molar-refractivity contribution in [3.63, 3.8) is 0 Å². The number of aryl methyl sites for hydroxylation is 1. The quantitative estimate of drug-likeness (QED) is 0.620. The number of hydrogen-bond donors (Lipinski definition) is 2. The van der Waals surface area contributed by atoms with Crippen molar-refractivity contribution < 1.29 is 27.8 Å². The smallest absolute Gasteiger partial charge is 0.408 e. The zero-order valence-corrected chi connectivity index (χ0v) is 17.0. The molecule has 7 nitrogen and oxygen atoms in total. The average molecular weight is 439 g/mol. The van der Waals surface area contributed by atoms with Crippen molar-refractivity contribution in [1.29, 1.82) is 0 Å². The van der Waals surface area contributed by atoms with E-state index in [1.807, 2.05) is 0 Å². The number of carbonyl (C=O) groups is 2. The molecule has 1 aromatic heterocycles. The number of fused-ring (bicyclic) bond motifs is 1. The predicted octanol–water partition coefficient (Wildman–Crippen LogP) is 4.28. The van der Waals surface area contributed by atoms with Crippen molar-refractivity contribution >= 4 is 17.7 Å². The predicted molar refractivity (Wildman–Crippen MR) is 111 cm³/mol. The summed E-state index contributed by atoms with van der Waals surface area (Å²) in [5, 5.41) is 5.19. The Labute approximate surface area is 182 Å². The normalized spacial score (nSPS) is 14.3. The summed E-state index contributed by atoms with van der Waals surface area (Å²) in [6.45, 7) is 1.47. The minimum absolute atomic E-state index is 0.0383. The van der Waals surface area contributed by atoms with E-state index in [-0.39, 0.29) is 30.1 Å². The molecule has 4 rings (SSSR count). The van der Waals surface area contributed by atoms with Crippen molar-refractivity contribution in [2.45, 2.75) is 19.6 Å². The molecular weight excluding hydrogens is 420 g/mol. The molecule has 2 N–H and O–H groups in total. The van der Waals surface area contributed by atoms with E-state index in [2.05, 4.69) is 15.6 Å². The standard InChI is InChI=1S/C23H19F2N3O4/c1-13-10-14(5-7-17(13)24)27-22(29)16-6-8-18(25)20-19(12-31-21(16)20)28-23(30)32-11-15-4-2-3-9-26-15/h2-10,19H,11-12H2,1H3,(H,27,29)(H,28,30). The Hall–Kier alpha value is -4.01. The maximum Gasteiger partial charge on any atom is 0.408 e. The van der Waals surface area contributed by atoms with Gasteiger partial charge in [-0.2, -0.15) is 0 Å². The van der Waals surface area contributed by atoms with Gasteiger partial charge in [0.15, 0.2) is 0 Å². The van der Waals surface area contributed by atoms with Crippen molar-refractivity contribution in [2.24, 2.45) is 0 Å². The van der Waals surface area contributed by atoms with Gasteiger partial charge in [-0.1, -0.05) is 6.07 Å². The lowest BCUT2D eigenvalue weighted by Crippen LogP contribution is -2.30. The first-order valence-corrected chi connectivity index (χ1v) is 9.78. The number of ether oxygens (including phenoxy) is 2. The van der Waals surface area contributed by atoms with Crippen LogP contribution in [0.2, 0.25) is 0 Å². The zero-order chi connectivity index (χ0) is 22.7. The van der Waals surface area contributed by atoms with Gasteiger partial charge in [0, 0.05) is 11.9 Å². The van der Waals surface area contributed by atoms with Gasteiger partial charge in [-0.05, 0) is 55.0 Å². The number of alkyl carbamates (subject to hydrolysis) is 1. The lowest BCUT2D eigenvalue weighted by atomic mass is 10.0. The van der Waals surface area contributed by atoms with Crippen molar-refractivity contribution in [1.82, 2.24) is 10.3 Å². The number of nitrogens with one attached hydrogen (secondary N) is 2. The third kappa shape index (κ3) is 4.51. The molecule has 164 valence electrons. The molecule has 0 spiro atoms. The fourth-order valence-corrected chi connectivity index (χ4v) is 3.33. The van der Waals surface area contributed by atoms with Crippen LogP contribution in [0.15, 0.2) is 54.7 Å². The van der Waals surface area contributed by atoms with Gasteiger partial charge in [0.2, 0.25) is 0 Å². The summed E-state index contributed by atoms with van der Waals surface area (Å²) in [6, 6.07) is 11.0. The van der Waals surface area contributed by atoms with Crippen LogP contribution in [0.5, 0.6) is 5.75 Å². The Bertz CT molecular complexity index is 1170. The second-order valence-electron chi connectivity index (χ2n) is 7.16. The van der Waals surface area contributed by atoms with E-state index in [4.69, 9.17) is 9.47 Å². The topological polar surface area (TPSA) is 89.6 Å². The van der Waals surface area contributed by atoms with Gasteiger partial charge in [0.1, 0.15) is 30.6 Å². The van der Waals surface area contributed by atoms with Crippen LogP contribution in [0.25, 0.3) is 0 Å². The van der Waals surface area contributed by atoms with Gasteiger partial charge in [0.25, 0.3) is 5.91 Å². The monoisotopic (exact) mass is 439 g/mol. The van der Waals surface area contributed by atoms with E-state index in [0.717, 1.165) is 6.07 Å². The lowest BCUT2D eigenvalue weighted by Gasteiger charge is -2.13. The maximum absolute atomic E-state index is 14.6. The molecule has 0 saturated heterocycles. The number of carbonyl (C=O) groups excluding carboxylic acids is 2. The van der Waals surface area contributed by atoms with Crippen LogP contribution in [0.1, 0.15) is 33.2 Å². The number of halogens is 2. The SMILES string of the molecule is Cc1cc(NC(=O)c2ccc(F)c3c2OCC3NC(=O)OCc2ccccn2)ccc1F. The minimum atomic E-state index is -0.831. The van der Waals surface area contributed by atoms with Crippen LogP contribution < -0.4 is 15.4 Å². The molecule has 1 atom stereocenters. The fraction of sp³-hybridized carbons (Fsp3) is 0.174. The van der Waals surface area contributed by atoms with Crippen LogP contribution in [0, 0.1) is 18.6 Å². The number of pyridine rings is 1. The molecule has 2 amide bonds. The van der Waals surface area contributed by atoms with E-state index >= 15 is 0 Å². The Morgan fingerprint density at radius 3 is 2.72 bits per heavy atom. The van der Waals surface area contributed by atoms with Crippen molar-refractivity contribution in [3.05, 3.63) is 88.7 Å². The number of amides is 2. The summed E-state index contributed by atoms with van der Waals surface area (Å²) in [7, 11) is 0. The van der Waals surface area contributed by atoms with Crippen LogP contribution in [-0.2, 0) is 11.3 Å². The number of aromatic nitrogens is 1. The molecule has 0 bridgehead atoms. The summed E-state index contributed by atoms with van der Waals surface area (Å²) in [5.74, 6) is -1.53. The molecule has 3 aromatic rings. The van der Waals surface area contributed by atoms with E-state index in [1.165, 1.54) is 24.3 Å². The van der Waals surface area contributed by atoms with E-state index in [1.54, 1.807) is 31.3 Å². The molecule has 2 aromatic carbocycles. The van der Waals surface area contributed by atoms with Gasteiger partial charge < -0.3 is 20.1 Å². The fourth-order valence-electron chi connectivity index (χ4n) is 3.33. The third-order valence-corrected chi connectivity index (χ3v) is 4.92. The van der Waals surface area contributed by atoms with E-state index in [0.29, 0.717) is 16.9 Å². The second-order valence-corrected chi connectivity index (χ2v) is 7.16. The third-order valence-electron chi connectivity index (χ3n) is 4.92. The molecule has 32 heavy (non-hydrogen) atoms. The molecule has 0 aliphatic carbocycles. The number of nitrogens with zero attached hydrogens (tertiary/aromatic N) is 1. The molecule has 2 heterocycles. The van der Waals surface area contributed by atoms with Gasteiger partial charge in [-0.3, -0.25) is 9.78 Å². The number of hydrogen-bond acceptors (Lipinski definition) is 5. The molecule has 9 heteroatoms. The highest BCUT2D eigenvalue weighted by Crippen LogP contribution is 2.38. The first kappa shape index (κ1) is 21.2. The largest absolute Gasteiger partial charge is 0.490 e. The van der Waals surface area contributed by atoms with Crippen molar-refractivity contribution in [3.8, 4) is 5.75 Å². The summed E-state index contributed by atoms with van der Waals surface area (Å²) in [6.07, 6.45) is 0.806. The molecule has 0 saturated carbocycles. The summed E-state index contributed by atoms with van der Waals surface area (Å²) < 4.78 is 38.7. The Morgan fingerprint density at radius 1 is 1.16 bits per heavy atom. The summed E-state index contributed by atoms with van der Waals surface area (Å²) >= 11 is 0. The minimum Gasteiger partial charge on any atom is -0.490 e. The molecular formula is C23H19F2N3O4. The summed E-state index contributed by atoms with van der Waals surface area (Å²) in [4.78, 5) is 29.0. The lowest BCUT2D eigenvalue weighted by molar-refractivity contribution is 0.102. The molecule has 0 fully saturated rings. The second kappa shape index (κ2) is 9.01. The average Bonchev–Trinajstić information content (AvgIpc) is 3.20. The Morgan fingerprint density at radius 2 is 1.97 bits per heavy atom. The van der Waals surface area contributed by atoms with Gasteiger partial charge in [-0.15, -0.1) is 0 Å². The molecule has 1 aliphatic heterocycles. The Kier molecular flexibility index (Phi) is 5.98. The highest BCUT2D eigenvalue weighted by Gasteiger charge is 2.33. The maximum atomic E-state index is 14.6. The number of anilines is 1. The first-order valence-electron chi connectivity index (χ1n) is 9.78. The summed E-state index contributed by atoms with van der Waals surface area (Å²) in [5.41, 5.74) is 1.47. The number of rotatable bonds is 5. The Balaban J connectivity index is 1.47. The van der Waals surface area contributed by atoms with Gasteiger partial charge in [0.05, 0.1) is 22.9 Å². The first-order chi connectivity index (χ1) is 15.4. The van der Waals surface area contributed by atoms with Crippen LogP contribution >= 0.6 is 0 Å². The van der Waals surface area contributed by atoms with E-state index < -0.39 is 29.7 Å². The number of benzene rings is 2. The van der Waals surface area contributed by atoms with Crippen molar-refractivity contribution in [2.75, 3.05) is 11.9 Å². The zero-order valence-electron chi connectivity index (χ0n) is 17.0. The molecule has 1 aliphatic rings. The highest BCUT2D eigenvalue weighted by molar-refractivity contribution is 6.06. The van der Waals surface area contributed by atoms with E-state index in [9.17, 15) is 18.4 Å². The van der Waals surface area contributed by atoms with Crippen LogP contribution in [0.3, 0.4) is 0 Å². The van der Waals surface area contributed by atoms with Gasteiger partial charge in [-0.25, -0.2) is 13.6 Å².